The molecule has 0 radical (unpaired) electrons. The zero-order valence-electron chi connectivity index (χ0n) is 14.7. The van der Waals surface area contributed by atoms with Crippen molar-refractivity contribution in [1.29, 1.82) is 0 Å². The van der Waals surface area contributed by atoms with E-state index in [9.17, 15) is 9.59 Å². The van der Waals surface area contributed by atoms with Gasteiger partial charge in [0.05, 0.1) is 6.04 Å². The number of likely N-dealkylation sites (tertiary alicyclic amines) is 1. The summed E-state index contributed by atoms with van der Waals surface area (Å²) in [7, 11) is 0. The van der Waals surface area contributed by atoms with Crippen molar-refractivity contribution in [2.45, 2.75) is 69.6 Å². The van der Waals surface area contributed by atoms with E-state index in [-0.39, 0.29) is 23.9 Å². The number of hydrogen-bond donors (Lipinski definition) is 2. The van der Waals surface area contributed by atoms with E-state index < -0.39 is 0 Å². The minimum absolute atomic E-state index is 0.0432. The van der Waals surface area contributed by atoms with Crippen LogP contribution in [0.1, 0.15) is 49.7 Å². The molecule has 2 atom stereocenters. The Labute approximate surface area is 149 Å². The SMILES string of the molecule is O=C(N[C@H]1CCN(C2CCCCC2)C1=O)[C@@H]1Cc2ccccc2CN1. The van der Waals surface area contributed by atoms with E-state index >= 15 is 0 Å². The fourth-order valence-corrected chi connectivity index (χ4v) is 4.50. The summed E-state index contributed by atoms with van der Waals surface area (Å²) in [6, 6.07) is 8.03. The van der Waals surface area contributed by atoms with Crippen LogP contribution in [0.2, 0.25) is 0 Å². The molecule has 1 aromatic rings. The van der Waals surface area contributed by atoms with Gasteiger partial charge in [-0.2, -0.15) is 0 Å². The van der Waals surface area contributed by atoms with Gasteiger partial charge in [0.25, 0.3) is 0 Å². The molecule has 0 spiro atoms. The Morgan fingerprint density at radius 2 is 1.84 bits per heavy atom. The molecular formula is C20H27N3O2. The van der Waals surface area contributed by atoms with Crippen molar-refractivity contribution in [3.05, 3.63) is 35.4 Å². The summed E-state index contributed by atoms with van der Waals surface area (Å²) in [5, 5.41) is 6.31. The van der Waals surface area contributed by atoms with Crippen molar-refractivity contribution in [1.82, 2.24) is 15.5 Å². The minimum Gasteiger partial charge on any atom is -0.343 e. The molecule has 0 unspecified atom stereocenters. The maximum absolute atomic E-state index is 12.7. The standard InChI is InChI=1S/C20H27N3O2/c24-19(18-12-14-6-4-5-7-15(14)13-21-18)22-17-10-11-23(20(17)25)16-8-2-1-3-9-16/h4-7,16-18,21H,1-3,8-13H2,(H,22,24)/t17-,18-/m0/s1. The highest BCUT2D eigenvalue weighted by molar-refractivity contribution is 5.91. The van der Waals surface area contributed by atoms with E-state index in [1.54, 1.807) is 0 Å². The van der Waals surface area contributed by atoms with Crippen molar-refractivity contribution in [3.63, 3.8) is 0 Å². The van der Waals surface area contributed by atoms with E-state index in [2.05, 4.69) is 22.8 Å². The lowest BCUT2D eigenvalue weighted by Crippen LogP contribution is -2.52. The summed E-state index contributed by atoms with van der Waals surface area (Å²) in [5.41, 5.74) is 2.48. The second-order valence-corrected chi connectivity index (χ2v) is 7.58. The molecule has 0 aromatic heterocycles. The maximum atomic E-state index is 12.7. The Kier molecular flexibility index (Phi) is 4.75. The molecule has 1 saturated carbocycles. The van der Waals surface area contributed by atoms with Crippen molar-refractivity contribution in [3.8, 4) is 0 Å². The second kappa shape index (κ2) is 7.16. The number of amides is 2. The van der Waals surface area contributed by atoms with Gasteiger partial charge in [0.1, 0.15) is 6.04 Å². The third-order valence-electron chi connectivity index (χ3n) is 5.97. The highest BCUT2D eigenvalue weighted by Crippen LogP contribution is 2.26. The van der Waals surface area contributed by atoms with Crippen LogP contribution in [-0.2, 0) is 22.6 Å². The number of carbonyl (C=O) groups excluding carboxylic acids is 2. The zero-order chi connectivity index (χ0) is 17.2. The molecule has 2 fully saturated rings. The molecule has 1 saturated heterocycles. The average Bonchev–Trinajstić information content (AvgIpc) is 3.02. The predicted octanol–water partition coefficient (Wildman–Crippen LogP) is 1.75. The minimum atomic E-state index is -0.339. The molecule has 2 aliphatic heterocycles. The van der Waals surface area contributed by atoms with Crippen LogP contribution in [-0.4, -0.2) is 41.4 Å². The van der Waals surface area contributed by atoms with Crippen LogP contribution in [0.4, 0.5) is 0 Å². The van der Waals surface area contributed by atoms with Crippen molar-refractivity contribution >= 4 is 11.8 Å². The van der Waals surface area contributed by atoms with Crippen LogP contribution in [0.25, 0.3) is 0 Å². The Bertz CT molecular complexity index is 654. The maximum Gasteiger partial charge on any atom is 0.245 e. The van der Waals surface area contributed by atoms with Crippen molar-refractivity contribution < 1.29 is 9.59 Å². The van der Waals surface area contributed by atoms with Crippen LogP contribution >= 0.6 is 0 Å². The number of benzene rings is 1. The highest BCUT2D eigenvalue weighted by Gasteiger charge is 2.38. The largest absolute Gasteiger partial charge is 0.343 e. The molecule has 3 aliphatic rings. The van der Waals surface area contributed by atoms with E-state index in [0.717, 1.165) is 25.8 Å². The lowest BCUT2D eigenvalue weighted by Gasteiger charge is -2.31. The summed E-state index contributed by atoms with van der Waals surface area (Å²) in [5.74, 6) is 0.0785. The summed E-state index contributed by atoms with van der Waals surface area (Å²) in [4.78, 5) is 27.4. The van der Waals surface area contributed by atoms with Crippen LogP contribution in [0, 0.1) is 0 Å². The van der Waals surface area contributed by atoms with Gasteiger partial charge in [0, 0.05) is 19.1 Å². The van der Waals surface area contributed by atoms with Crippen LogP contribution in [0.15, 0.2) is 24.3 Å². The fraction of sp³-hybridized carbons (Fsp3) is 0.600. The van der Waals surface area contributed by atoms with Gasteiger partial charge < -0.3 is 15.5 Å². The summed E-state index contributed by atoms with van der Waals surface area (Å²) >= 11 is 0. The Hall–Kier alpha value is -1.88. The first-order valence-corrected chi connectivity index (χ1v) is 9.63. The summed E-state index contributed by atoms with van der Waals surface area (Å²) < 4.78 is 0. The van der Waals surface area contributed by atoms with Gasteiger partial charge in [-0.1, -0.05) is 43.5 Å². The Morgan fingerprint density at radius 1 is 1.08 bits per heavy atom. The van der Waals surface area contributed by atoms with Gasteiger partial charge in [0.2, 0.25) is 11.8 Å². The van der Waals surface area contributed by atoms with E-state index in [1.165, 1.54) is 30.4 Å². The van der Waals surface area contributed by atoms with Gasteiger partial charge in [-0.05, 0) is 36.8 Å². The average molecular weight is 341 g/mol. The molecule has 2 N–H and O–H groups in total. The Morgan fingerprint density at radius 3 is 2.64 bits per heavy atom. The molecule has 134 valence electrons. The van der Waals surface area contributed by atoms with Gasteiger partial charge in [-0.3, -0.25) is 9.59 Å². The van der Waals surface area contributed by atoms with Gasteiger partial charge >= 0.3 is 0 Å². The first-order chi connectivity index (χ1) is 12.2. The third-order valence-corrected chi connectivity index (χ3v) is 5.97. The summed E-state index contributed by atoms with van der Waals surface area (Å²) in [6.45, 7) is 1.50. The fourth-order valence-electron chi connectivity index (χ4n) is 4.50. The highest BCUT2D eigenvalue weighted by atomic mass is 16.2. The lowest BCUT2D eigenvalue weighted by molar-refractivity contribution is -0.135. The molecule has 1 aliphatic carbocycles. The number of rotatable bonds is 3. The molecule has 1 aromatic carbocycles. The molecule has 5 nitrogen and oxygen atoms in total. The molecule has 2 heterocycles. The molecule has 25 heavy (non-hydrogen) atoms. The molecular weight excluding hydrogens is 314 g/mol. The second-order valence-electron chi connectivity index (χ2n) is 7.58. The molecule has 2 amide bonds. The lowest BCUT2D eigenvalue weighted by atomic mass is 9.94. The van der Waals surface area contributed by atoms with E-state index in [1.807, 2.05) is 17.0 Å². The Balaban J connectivity index is 1.35. The smallest absolute Gasteiger partial charge is 0.245 e. The van der Waals surface area contributed by atoms with E-state index in [4.69, 9.17) is 0 Å². The van der Waals surface area contributed by atoms with Crippen LogP contribution in [0.3, 0.4) is 0 Å². The van der Waals surface area contributed by atoms with Crippen molar-refractivity contribution in [2.75, 3.05) is 6.54 Å². The first-order valence-electron chi connectivity index (χ1n) is 9.63. The molecule has 5 heteroatoms. The van der Waals surface area contributed by atoms with Gasteiger partial charge in [-0.25, -0.2) is 0 Å². The number of nitrogens with zero attached hydrogens (tertiary/aromatic N) is 1. The topological polar surface area (TPSA) is 61.4 Å². The summed E-state index contributed by atoms with van der Waals surface area (Å²) in [6.07, 6.45) is 7.39. The van der Waals surface area contributed by atoms with E-state index in [0.29, 0.717) is 19.0 Å². The zero-order valence-corrected chi connectivity index (χ0v) is 14.7. The number of nitrogens with one attached hydrogen (secondary N) is 2. The monoisotopic (exact) mass is 341 g/mol. The third kappa shape index (κ3) is 3.43. The van der Waals surface area contributed by atoms with Crippen molar-refractivity contribution in [2.24, 2.45) is 0 Å². The molecule has 4 rings (SSSR count). The number of carbonyl (C=O) groups is 2. The van der Waals surface area contributed by atoms with Gasteiger partial charge in [-0.15, -0.1) is 0 Å². The quantitative estimate of drug-likeness (QED) is 0.880. The van der Waals surface area contributed by atoms with Gasteiger partial charge in [0.15, 0.2) is 0 Å². The molecule has 0 bridgehead atoms. The van der Waals surface area contributed by atoms with Crippen LogP contribution < -0.4 is 10.6 Å². The predicted molar refractivity (Wildman–Crippen MR) is 95.9 cm³/mol. The normalized spacial score (nSPS) is 27.2. The number of fused-ring (bicyclic) bond motifs is 1. The first kappa shape index (κ1) is 16.6. The van der Waals surface area contributed by atoms with Crippen LogP contribution in [0.5, 0.6) is 0 Å². The number of hydrogen-bond acceptors (Lipinski definition) is 3.